The van der Waals surface area contributed by atoms with E-state index in [-0.39, 0.29) is 11.9 Å². The minimum atomic E-state index is -0.215. The van der Waals surface area contributed by atoms with E-state index in [1.54, 1.807) is 17.4 Å². The zero-order valence-corrected chi connectivity index (χ0v) is 13.3. The largest absolute Gasteiger partial charge is 0.309 e. The van der Waals surface area contributed by atoms with E-state index in [2.05, 4.69) is 33.2 Å². The van der Waals surface area contributed by atoms with Crippen LogP contribution in [0.3, 0.4) is 0 Å². The molecule has 1 heterocycles. The Kier molecular flexibility index (Phi) is 5.07. The van der Waals surface area contributed by atoms with Crippen LogP contribution < -0.4 is 5.32 Å². The molecule has 19 heavy (non-hydrogen) atoms. The molecule has 1 atom stereocenters. The van der Waals surface area contributed by atoms with Gasteiger partial charge in [0.05, 0.1) is 9.48 Å². The van der Waals surface area contributed by atoms with Gasteiger partial charge in [0.15, 0.2) is 0 Å². The summed E-state index contributed by atoms with van der Waals surface area (Å²) in [6.07, 6.45) is 2.65. The molecule has 0 amide bonds. The van der Waals surface area contributed by atoms with E-state index in [0.717, 1.165) is 23.5 Å². The molecule has 2 rings (SSSR count). The SMILES string of the molecule is CCNC(Cc1cccc(F)c1Br)c1cnc(C)s1. The van der Waals surface area contributed by atoms with Gasteiger partial charge in [-0.1, -0.05) is 19.1 Å². The minimum absolute atomic E-state index is 0.175. The number of halogens is 2. The van der Waals surface area contributed by atoms with Crippen LogP contribution in [-0.4, -0.2) is 11.5 Å². The van der Waals surface area contributed by atoms with Gasteiger partial charge in [-0.05, 0) is 47.4 Å². The van der Waals surface area contributed by atoms with Crippen molar-refractivity contribution in [2.45, 2.75) is 26.3 Å². The maximum Gasteiger partial charge on any atom is 0.137 e. The zero-order chi connectivity index (χ0) is 13.8. The molecular formula is C14H16BrFN2S. The number of nitrogens with zero attached hydrogens (tertiary/aromatic N) is 1. The molecule has 0 radical (unpaired) electrons. The first-order valence-electron chi connectivity index (χ1n) is 6.20. The standard InChI is InChI=1S/C14H16BrFN2S/c1-3-17-12(13-8-18-9(2)19-13)7-10-5-4-6-11(16)14(10)15/h4-6,8,12,17H,3,7H2,1-2H3. The lowest BCUT2D eigenvalue weighted by Crippen LogP contribution is -2.22. The third-order valence-electron chi connectivity index (χ3n) is 2.89. The highest BCUT2D eigenvalue weighted by Crippen LogP contribution is 2.28. The van der Waals surface area contributed by atoms with Gasteiger partial charge in [-0.2, -0.15) is 0 Å². The van der Waals surface area contributed by atoms with Crippen molar-refractivity contribution in [2.75, 3.05) is 6.54 Å². The summed E-state index contributed by atoms with van der Waals surface area (Å²) in [5, 5.41) is 4.49. The lowest BCUT2D eigenvalue weighted by molar-refractivity contribution is 0.551. The molecular weight excluding hydrogens is 327 g/mol. The number of nitrogens with one attached hydrogen (secondary N) is 1. The summed E-state index contributed by atoms with van der Waals surface area (Å²) < 4.78 is 14.1. The molecule has 102 valence electrons. The molecule has 0 aliphatic carbocycles. The van der Waals surface area contributed by atoms with E-state index in [1.807, 2.05) is 19.2 Å². The fraction of sp³-hybridized carbons (Fsp3) is 0.357. The molecule has 2 aromatic rings. The van der Waals surface area contributed by atoms with Gasteiger partial charge >= 0.3 is 0 Å². The normalized spacial score (nSPS) is 12.6. The molecule has 1 N–H and O–H groups in total. The Hall–Kier alpha value is -0.780. The van der Waals surface area contributed by atoms with E-state index in [1.165, 1.54) is 10.9 Å². The van der Waals surface area contributed by atoms with Crippen LogP contribution >= 0.6 is 27.3 Å². The third-order valence-corrected chi connectivity index (χ3v) is 4.80. The third kappa shape index (κ3) is 3.61. The Morgan fingerprint density at radius 2 is 2.26 bits per heavy atom. The Morgan fingerprint density at radius 3 is 2.89 bits per heavy atom. The van der Waals surface area contributed by atoms with Gasteiger partial charge in [0, 0.05) is 17.1 Å². The summed E-state index contributed by atoms with van der Waals surface area (Å²) in [5.41, 5.74) is 0.969. The van der Waals surface area contributed by atoms with Crippen LogP contribution in [0, 0.1) is 12.7 Å². The van der Waals surface area contributed by atoms with Gasteiger partial charge in [-0.25, -0.2) is 9.37 Å². The van der Waals surface area contributed by atoms with Crippen LogP contribution in [0.2, 0.25) is 0 Å². The highest BCUT2D eigenvalue weighted by atomic mass is 79.9. The number of hydrogen-bond donors (Lipinski definition) is 1. The average molecular weight is 343 g/mol. The molecule has 0 fully saturated rings. The first-order valence-corrected chi connectivity index (χ1v) is 7.81. The van der Waals surface area contributed by atoms with Crippen LogP contribution in [0.4, 0.5) is 4.39 Å². The van der Waals surface area contributed by atoms with Crippen LogP contribution in [-0.2, 0) is 6.42 Å². The lowest BCUT2D eigenvalue weighted by Gasteiger charge is -2.17. The maximum atomic E-state index is 13.5. The number of aromatic nitrogens is 1. The fourth-order valence-corrected chi connectivity index (χ4v) is 3.27. The van der Waals surface area contributed by atoms with Crippen LogP contribution in [0.5, 0.6) is 0 Å². The summed E-state index contributed by atoms with van der Waals surface area (Å²) in [6, 6.07) is 5.34. The second-order valence-corrected chi connectivity index (χ2v) is 6.37. The van der Waals surface area contributed by atoms with Gasteiger partial charge < -0.3 is 5.32 Å². The fourth-order valence-electron chi connectivity index (χ4n) is 1.98. The van der Waals surface area contributed by atoms with Gasteiger partial charge in [0.25, 0.3) is 0 Å². The summed E-state index contributed by atoms with van der Waals surface area (Å²) >= 11 is 5.00. The van der Waals surface area contributed by atoms with Crippen LogP contribution in [0.1, 0.15) is 28.4 Å². The maximum absolute atomic E-state index is 13.5. The monoisotopic (exact) mass is 342 g/mol. The van der Waals surface area contributed by atoms with Crippen molar-refractivity contribution >= 4 is 27.3 Å². The number of thiazole rings is 1. The second kappa shape index (κ2) is 6.59. The number of rotatable bonds is 5. The van der Waals surface area contributed by atoms with E-state index in [0.29, 0.717) is 4.47 Å². The average Bonchev–Trinajstić information content (AvgIpc) is 2.81. The first-order chi connectivity index (χ1) is 9.11. The van der Waals surface area contributed by atoms with Crippen molar-refractivity contribution in [3.05, 3.63) is 50.1 Å². The zero-order valence-electron chi connectivity index (χ0n) is 10.9. The predicted octanol–water partition coefficient (Wildman–Crippen LogP) is 4.25. The lowest BCUT2D eigenvalue weighted by atomic mass is 10.0. The highest BCUT2D eigenvalue weighted by molar-refractivity contribution is 9.10. The van der Waals surface area contributed by atoms with Crippen molar-refractivity contribution in [3.8, 4) is 0 Å². The van der Waals surface area contributed by atoms with Crippen molar-refractivity contribution in [1.82, 2.24) is 10.3 Å². The van der Waals surface area contributed by atoms with Gasteiger partial charge in [-0.3, -0.25) is 0 Å². The van der Waals surface area contributed by atoms with Gasteiger partial charge in [0.1, 0.15) is 5.82 Å². The number of hydrogen-bond acceptors (Lipinski definition) is 3. The van der Waals surface area contributed by atoms with E-state index in [4.69, 9.17) is 0 Å². The highest BCUT2D eigenvalue weighted by Gasteiger charge is 2.16. The molecule has 0 saturated heterocycles. The molecule has 1 unspecified atom stereocenters. The van der Waals surface area contributed by atoms with Gasteiger partial charge in [-0.15, -0.1) is 11.3 Å². The molecule has 1 aromatic heterocycles. The van der Waals surface area contributed by atoms with Crippen LogP contribution in [0.25, 0.3) is 0 Å². The molecule has 0 saturated carbocycles. The smallest absolute Gasteiger partial charge is 0.137 e. The second-order valence-electron chi connectivity index (χ2n) is 4.31. The summed E-state index contributed by atoms with van der Waals surface area (Å²) in [4.78, 5) is 5.48. The van der Waals surface area contributed by atoms with Crippen LogP contribution in [0.15, 0.2) is 28.9 Å². The molecule has 0 aliphatic heterocycles. The topological polar surface area (TPSA) is 24.9 Å². The van der Waals surface area contributed by atoms with Crippen molar-refractivity contribution < 1.29 is 4.39 Å². The Balaban J connectivity index is 2.23. The summed E-state index contributed by atoms with van der Waals surface area (Å²) in [6.45, 7) is 4.94. The van der Waals surface area contributed by atoms with Gasteiger partial charge in [0.2, 0.25) is 0 Å². The van der Waals surface area contributed by atoms with E-state index >= 15 is 0 Å². The molecule has 2 nitrogen and oxygen atoms in total. The molecule has 0 spiro atoms. The summed E-state index contributed by atoms with van der Waals surface area (Å²) in [7, 11) is 0. The van der Waals surface area contributed by atoms with E-state index < -0.39 is 0 Å². The Labute approximate surface area is 125 Å². The first kappa shape index (κ1) is 14.6. The molecule has 0 bridgehead atoms. The number of likely N-dealkylation sites (N-methyl/N-ethyl adjacent to an activating group) is 1. The van der Waals surface area contributed by atoms with Crippen molar-refractivity contribution in [2.24, 2.45) is 0 Å². The molecule has 1 aromatic carbocycles. The van der Waals surface area contributed by atoms with E-state index in [9.17, 15) is 4.39 Å². The number of aryl methyl sites for hydroxylation is 1. The molecule has 5 heteroatoms. The van der Waals surface area contributed by atoms with Crippen molar-refractivity contribution in [3.63, 3.8) is 0 Å². The predicted molar refractivity (Wildman–Crippen MR) is 81.1 cm³/mol. The minimum Gasteiger partial charge on any atom is -0.309 e. The summed E-state index contributed by atoms with van der Waals surface area (Å²) in [5.74, 6) is -0.215. The Morgan fingerprint density at radius 1 is 1.47 bits per heavy atom. The Bertz CT molecular complexity index is 556. The quantitative estimate of drug-likeness (QED) is 0.878. The number of benzene rings is 1. The molecule has 0 aliphatic rings. The van der Waals surface area contributed by atoms with Crippen molar-refractivity contribution in [1.29, 1.82) is 0 Å².